The molecule has 0 spiro atoms. The average molecular weight is 335 g/mol. The van der Waals surface area contributed by atoms with Crippen LogP contribution in [0.15, 0.2) is 34.3 Å². The topological polar surface area (TPSA) is 87.9 Å². The summed E-state index contributed by atoms with van der Waals surface area (Å²) < 4.78 is 0. The fourth-order valence-corrected chi connectivity index (χ4v) is 4.07. The first-order chi connectivity index (χ1) is 10.6. The highest BCUT2D eigenvalue weighted by Crippen LogP contribution is 2.37. The van der Waals surface area contributed by atoms with Gasteiger partial charge in [0, 0.05) is 16.7 Å². The molecule has 3 rings (SSSR count). The number of hydrogen-bond acceptors (Lipinski definition) is 6. The van der Waals surface area contributed by atoms with E-state index in [0.29, 0.717) is 16.2 Å². The summed E-state index contributed by atoms with van der Waals surface area (Å²) in [6, 6.07) is 8.06. The van der Waals surface area contributed by atoms with E-state index in [0.717, 1.165) is 23.5 Å². The van der Waals surface area contributed by atoms with Gasteiger partial charge >= 0.3 is 0 Å². The molecule has 0 aliphatic carbocycles. The van der Waals surface area contributed by atoms with Crippen LogP contribution in [0.5, 0.6) is 0 Å². The van der Waals surface area contributed by atoms with Crippen LogP contribution in [-0.4, -0.2) is 38.6 Å². The molecule has 1 aliphatic rings. The largest absolute Gasteiger partial charge is 0.368 e. The van der Waals surface area contributed by atoms with E-state index in [4.69, 9.17) is 5.73 Å². The molecular formula is C14H17N5OS2. The van der Waals surface area contributed by atoms with Crippen molar-refractivity contribution in [2.45, 2.75) is 28.6 Å². The van der Waals surface area contributed by atoms with Gasteiger partial charge in [-0.05, 0) is 18.6 Å². The van der Waals surface area contributed by atoms with Gasteiger partial charge in [0.1, 0.15) is 0 Å². The van der Waals surface area contributed by atoms with E-state index in [-0.39, 0.29) is 11.9 Å². The zero-order chi connectivity index (χ0) is 15.5. The Kier molecular flexibility index (Phi) is 4.58. The first-order valence-corrected chi connectivity index (χ1v) is 8.87. The van der Waals surface area contributed by atoms with Crippen LogP contribution in [0.2, 0.25) is 0 Å². The predicted octanol–water partition coefficient (Wildman–Crippen LogP) is 2.40. The van der Waals surface area contributed by atoms with E-state index < -0.39 is 0 Å². The van der Waals surface area contributed by atoms with Crippen LogP contribution in [0.25, 0.3) is 0 Å². The van der Waals surface area contributed by atoms with Crippen molar-refractivity contribution >= 4 is 41.1 Å². The smallest absolute Gasteiger partial charge is 0.237 e. The van der Waals surface area contributed by atoms with Crippen molar-refractivity contribution in [2.24, 2.45) is 0 Å². The van der Waals surface area contributed by atoms with Crippen molar-refractivity contribution in [3.8, 4) is 0 Å². The van der Waals surface area contributed by atoms with Crippen molar-refractivity contribution in [1.29, 1.82) is 0 Å². The van der Waals surface area contributed by atoms with Gasteiger partial charge in [-0.3, -0.25) is 4.79 Å². The van der Waals surface area contributed by atoms with E-state index in [1.807, 2.05) is 34.9 Å². The molecule has 6 nitrogen and oxygen atoms in total. The third-order valence-electron chi connectivity index (χ3n) is 3.35. The number of nitrogens with zero attached hydrogens (tertiary/aromatic N) is 3. The fourth-order valence-electron chi connectivity index (χ4n) is 2.27. The Morgan fingerprint density at radius 2 is 2.36 bits per heavy atom. The van der Waals surface area contributed by atoms with E-state index in [1.165, 1.54) is 11.8 Å². The van der Waals surface area contributed by atoms with Crippen molar-refractivity contribution in [1.82, 2.24) is 15.2 Å². The molecule has 0 radical (unpaired) electrons. The number of anilines is 2. The molecule has 0 saturated heterocycles. The molecule has 1 aromatic heterocycles. The number of fused-ring (bicyclic) bond motifs is 1. The highest BCUT2D eigenvalue weighted by atomic mass is 32.2. The number of aromatic amines is 1. The zero-order valence-corrected chi connectivity index (χ0v) is 13.8. The summed E-state index contributed by atoms with van der Waals surface area (Å²) in [5, 5.41) is 7.50. The van der Waals surface area contributed by atoms with Crippen LogP contribution >= 0.6 is 23.5 Å². The SMILES string of the molecule is C[C@H]1CCN(C(=O)CSc2n[nH]c(N)n2)c2ccccc2S1. The van der Waals surface area contributed by atoms with Crippen molar-refractivity contribution in [3.63, 3.8) is 0 Å². The van der Waals surface area contributed by atoms with Gasteiger partial charge in [0.2, 0.25) is 17.0 Å². The number of benzene rings is 1. The standard InChI is InChI=1S/C14H17N5OS2/c1-9-6-7-19(10-4-2-3-5-11(10)22-9)12(20)8-21-14-16-13(15)17-18-14/h2-5,9H,6-8H2,1H3,(H3,15,16,17,18)/t9-/m0/s1. The molecule has 8 heteroatoms. The number of hydrogen-bond donors (Lipinski definition) is 2. The van der Waals surface area contributed by atoms with Crippen molar-refractivity contribution in [2.75, 3.05) is 22.9 Å². The van der Waals surface area contributed by atoms with Crippen LogP contribution in [0.3, 0.4) is 0 Å². The minimum absolute atomic E-state index is 0.0653. The number of carbonyl (C=O) groups excluding carboxylic acids is 1. The fraction of sp³-hybridized carbons (Fsp3) is 0.357. The van der Waals surface area contributed by atoms with Crippen LogP contribution in [0.4, 0.5) is 11.6 Å². The average Bonchev–Trinajstić information content (AvgIpc) is 2.84. The Bertz CT molecular complexity index is 675. The Hall–Kier alpha value is -1.67. The van der Waals surface area contributed by atoms with Crippen molar-refractivity contribution in [3.05, 3.63) is 24.3 Å². The van der Waals surface area contributed by atoms with Crippen LogP contribution in [0.1, 0.15) is 13.3 Å². The predicted molar refractivity (Wildman–Crippen MR) is 90.3 cm³/mol. The second kappa shape index (κ2) is 6.62. The van der Waals surface area contributed by atoms with E-state index in [9.17, 15) is 4.79 Å². The van der Waals surface area contributed by atoms with Gasteiger partial charge < -0.3 is 10.6 Å². The number of amides is 1. The molecule has 3 N–H and O–H groups in total. The van der Waals surface area contributed by atoms with E-state index in [1.54, 1.807) is 0 Å². The number of carbonyl (C=O) groups is 1. The highest BCUT2D eigenvalue weighted by Gasteiger charge is 2.24. The van der Waals surface area contributed by atoms with Gasteiger partial charge in [0.15, 0.2) is 0 Å². The van der Waals surface area contributed by atoms with Gasteiger partial charge in [-0.25, -0.2) is 5.10 Å². The number of H-pyrrole nitrogens is 1. The summed E-state index contributed by atoms with van der Waals surface area (Å²) in [5.74, 6) is 0.626. The maximum atomic E-state index is 12.6. The Labute approximate surface area is 137 Å². The van der Waals surface area contributed by atoms with Gasteiger partial charge in [0.05, 0.1) is 11.4 Å². The maximum absolute atomic E-state index is 12.6. The molecule has 0 unspecified atom stereocenters. The lowest BCUT2D eigenvalue weighted by molar-refractivity contribution is -0.116. The van der Waals surface area contributed by atoms with E-state index >= 15 is 0 Å². The first-order valence-electron chi connectivity index (χ1n) is 7.00. The molecule has 0 bridgehead atoms. The number of nitrogens with two attached hydrogens (primary N) is 1. The van der Waals surface area contributed by atoms with Gasteiger partial charge in [-0.15, -0.1) is 16.9 Å². The van der Waals surface area contributed by atoms with E-state index in [2.05, 4.69) is 28.2 Å². The number of thioether (sulfide) groups is 2. The Morgan fingerprint density at radius 1 is 1.55 bits per heavy atom. The van der Waals surface area contributed by atoms with Crippen LogP contribution < -0.4 is 10.6 Å². The molecule has 1 aromatic carbocycles. The van der Waals surface area contributed by atoms with Gasteiger partial charge in [-0.2, -0.15) is 4.98 Å². The summed E-state index contributed by atoms with van der Waals surface area (Å²) >= 11 is 3.12. The minimum Gasteiger partial charge on any atom is -0.368 e. The maximum Gasteiger partial charge on any atom is 0.237 e. The molecule has 1 aliphatic heterocycles. The second-order valence-electron chi connectivity index (χ2n) is 5.02. The molecule has 0 fully saturated rings. The summed E-state index contributed by atoms with van der Waals surface area (Å²) in [5.41, 5.74) is 6.48. The molecule has 2 heterocycles. The van der Waals surface area contributed by atoms with Crippen LogP contribution in [-0.2, 0) is 4.79 Å². The molecule has 2 aromatic rings. The molecule has 116 valence electrons. The number of aromatic nitrogens is 3. The van der Waals surface area contributed by atoms with Crippen molar-refractivity contribution < 1.29 is 4.79 Å². The first kappa shape index (κ1) is 15.2. The molecule has 22 heavy (non-hydrogen) atoms. The minimum atomic E-state index is 0.0653. The van der Waals surface area contributed by atoms with Crippen LogP contribution in [0, 0.1) is 0 Å². The lowest BCUT2D eigenvalue weighted by Crippen LogP contribution is -2.33. The lowest BCUT2D eigenvalue weighted by atomic mass is 10.2. The third kappa shape index (κ3) is 3.38. The third-order valence-corrected chi connectivity index (χ3v) is 5.42. The highest BCUT2D eigenvalue weighted by molar-refractivity contribution is 8.00. The zero-order valence-electron chi connectivity index (χ0n) is 12.2. The summed E-state index contributed by atoms with van der Waals surface area (Å²) in [7, 11) is 0. The summed E-state index contributed by atoms with van der Waals surface area (Å²) in [4.78, 5) is 19.6. The molecule has 1 amide bonds. The molecule has 0 saturated carbocycles. The number of rotatable bonds is 3. The molecular weight excluding hydrogens is 318 g/mol. The normalized spacial score (nSPS) is 17.9. The summed E-state index contributed by atoms with van der Waals surface area (Å²) in [6.07, 6.45) is 0.976. The lowest BCUT2D eigenvalue weighted by Gasteiger charge is -2.22. The summed E-state index contributed by atoms with van der Waals surface area (Å²) in [6.45, 7) is 2.93. The monoisotopic (exact) mass is 335 g/mol. The Balaban J connectivity index is 1.74. The Morgan fingerprint density at radius 3 is 3.14 bits per heavy atom. The second-order valence-corrected chi connectivity index (χ2v) is 7.44. The number of nitrogens with one attached hydrogen (secondary N) is 1. The molecule has 1 atom stereocenters. The van der Waals surface area contributed by atoms with Gasteiger partial charge in [0.25, 0.3) is 0 Å². The number of nitrogen functional groups attached to an aromatic ring is 1. The van der Waals surface area contributed by atoms with Gasteiger partial charge in [-0.1, -0.05) is 30.8 Å². The number of para-hydroxylation sites is 1. The quantitative estimate of drug-likeness (QED) is 0.838.